The van der Waals surface area contributed by atoms with Crippen LogP contribution in [0.2, 0.25) is 0 Å². The van der Waals surface area contributed by atoms with Gasteiger partial charge >= 0.3 is 39.5 Å². The van der Waals surface area contributed by atoms with E-state index in [0.29, 0.717) is 31.6 Å². The van der Waals surface area contributed by atoms with Gasteiger partial charge in [-0.25, -0.2) is 9.13 Å². The van der Waals surface area contributed by atoms with E-state index < -0.39 is 97.5 Å². The molecule has 0 fully saturated rings. The van der Waals surface area contributed by atoms with Gasteiger partial charge in [0.1, 0.15) is 19.3 Å². The molecule has 0 aliphatic carbocycles. The average molecular weight is 1410 g/mol. The molecule has 3 N–H and O–H groups in total. The van der Waals surface area contributed by atoms with Crippen LogP contribution in [-0.4, -0.2) is 96.7 Å². The van der Waals surface area contributed by atoms with Crippen LogP contribution in [0, 0.1) is 17.8 Å². The van der Waals surface area contributed by atoms with Crippen molar-refractivity contribution >= 4 is 39.5 Å². The van der Waals surface area contributed by atoms with E-state index in [0.717, 1.165) is 127 Å². The molecule has 0 amide bonds. The number of aliphatic hydroxyl groups excluding tert-OH is 1. The molecular formula is C77H146O17P2. The highest BCUT2D eigenvalue weighted by Gasteiger charge is 2.30. The van der Waals surface area contributed by atoms with Gasteiger partial charge in [-0.3, -0.25) is 37.3 Å². The lowest BCUT2D eigenvalue weighted by Gasteiger charge is -2.21. The fourth-order valence-electron chi connectivity index (χ4n) is 11.2. The lowest BCUT2D eigenvalue weighted by atomic mass is 10.0. The molecule has 96 heavy (non-hydrogen) atoms. The Morgan fingerprint density at radius 2 is 0.562 bits per heavy atom. The molecule has 0 aromatic carbocycles. The quantitative estimate of drug-likeness (QED) is 0.0169. The van der Waals surface area contributed by atoms with E-state index in [1.165, 1.54) is 154 Å². The van der Waals surface area contributed by atoms with E-state index in [4.69, 9.17) is 37.0 Å². The number of phosphoric ester groups is 2. The van der Waals surface area contributed by atoms with Gasteiger partial charge in [0.2, 0.25) is 0 Å². The highest BCUT2D eigenvalue weighted by molar-refractivity contribution is 7.47. The molecule has 0 aliphatic rings. The molecule has 3 unspecified atom stereocenters. The summed E-state index contributed by atoms with van der Waals surface area (Å²) in [7, 11) is -9.92. The Hall–Kier alpha value is -2.46. The van der Waals surface area contributed by atoms with Crippen molar-refractivity contribution in [2.75, 3.05) is 39.6 Å². The number of aliphatic hydroxyl groups is 1. The minimum atomic E-state index is -4.96. The average Bonchev–Trinajstić information content (AvgIpc) is 1.12. The number of carbonyl (C=O) groups is 4. The summed E-state index contributed by atoms with van der Waals surface area (Å²) in [6, 6.07) is 0. The topological polar surface area (TPSA) is 237 Å². The maximum absolute atomic E-state index is 13.1. The minimum absolute atomic E-state index is 0.0981. The molecule has 0 radical (unpaired) electrons. The van der Waals surface area contributed by atoms with Crippen molar-refractivity contribution in [2.24, 2.45) is 17.8 Å². The van der Waals surface area contributed by atoms with Crippen molar-refractivity contribution in [3.05, 3.63) is 24.3 Å². The molecule has 0 aliphatic heterocycles. The molecule has 0 rings (SSSR count). The molecule has 566 valence electrons. The monoisotopic (exact) mass is 1410 g/mol. The van der Waals surface area contributed by atoms with E-state index >= 15 is 0 Å². The fourth-order valence-corrected chi connectivity index (χ4v) is 12.8. The summed E-state index contributed by atoms with van der Waals surface area (Å²) in [5.41, 5.74) is 0. The molecule has 0 aromatic rings. The van der Waals surface area contributed by atoms with Crippen LogP contribution in [0.5, 0.6) is 0 Å². The summed E-state index contributed by atoms with van der Waals surface area (Å²) < 4.78 is 68.5. The van der Waals surface area contributed by atoms with Crippen LogP contribution in [0.4, 0.5) is 0 Å². The second-order valence-corrected chi connectivity index (χ2v) is 31.4. The lowest BCUT2D eigenvalue weighted by molar-refractivity contribution is -0.161. The van der Waals surface area contributed by atoms with Crippen molar-refractivity contribution in [3.8, 4) is 0 Å². The van der Waals surface area contributed by atoms with Crippen molar-refractivity contribution in [2.45, 2.75) is 388 Å². The predicted molar refractivity (Wildman–Crippen MR) is 390 cm³/mol. The smallest absolute Gasteiger partial charge is 0.462 e. The third-order valence-corrected chi connectivity index (χ3v) is 19.2. The first-order valence-electron chi connectivity index (χ1n) is 39.2. The SMILES string of the molecule is CCCCCC/C=C\C=C/CCCCCCCC(=O)OC[C@H](COP(=O)(O)OCC(O)COP(=O)(O)OC[C@@H](COC(=O)CCCCCCCCCC(C)C)OC(=O)CCCCCCCCCCCCCCCCCCC(C)C)OC(=O)CCCCCCCCCCCC(C)C. The molecule has 0 heterocycles. The number of phosphoric acid groups is 2. The van der Waals surface area contributed by atoms with Gasteiger partial charge in [0.05, 0.1) is 26.4 Å². The first kappa shape index (κ1) is 93.5. The number of unbranched alkanes of at least 4 members (excludes halogenated alkanes) is 38. The zero-order chi connectivity index (χ0) is 70.9. The first-order valence-corrected chi connectivity index (χ1v) is 42.2. The predicted octanol–water partition coefficient (Wildman–Crippen LogP) is 22.1. The molecular weight excluding hydrogens is 1260 g/mol. The summed E-state index contributed by atoms with van der Waals surface area (Å²) in [5, 5.41) is 10.6. The maximum Gasteiger partial charge on any atom is 0.472 e. The van der Waals surface area contributed by atoms with E-state index in [2.05, 4.69) is 72.8 Å². The largest absolute Gasteiger partial charge is 0.472 e. The van der Waals surface area contributed by atoms with Gasteiger partial charge < -0.3 is 33.8 Å². The van der Waals surface area contributed by atoms with E-state index in [-0.39, 0.29) is 25.7 Å². The third kappa shape index (κ3) is 70.0. The van der Waals surface area contributed by atoms with E-state index in [1.807, 2.05) is 0 Å². The second kappa shape index (κ2) is 67.1. The van der Waals surface area contributed by atoms with Crippen molar-refractivity contribution in [3.63, 3.8) is 0 Å². The molecule has 5 atom stereocenters. The van der Waals surface area contributed by atoms with Crippen LogP contribution in [0.15, 0.2) is 24.3 Å². The minimum Gasteiger partial charge on any atom is -0.462 e. The van der Waals surface area contributed by atoms with Gasteiger partial charge in [-0.1, -0.05) is 317 Å². The van der Waals surface area contributed by atoms with Crippen molar-refractivity contribution in [1.82, 2.24) is 0 Å². The summed E-state index contributed by atoms with van der Waals surface area (Å²) >= 11 is 0. The Morgan fingerprint density at radius 1 is 0.323 bits per heavy atom. The standard InChI is InChI=1S/C77H146O17P2/c1-8-9-10-11-12-13-14-15-18-22-25-30-37-44-51-58-74(79)87-64-72(94-77(82)61-54-47-39-32-27-29-35-42-49-56-69(4)5)66-91-95(83,84)89-62-71(78)63-90-96(85,86)92-67-73(65-88-75(80)59-52-45-40-33-36-43-50-57-70(6)7)93-76(81)60-53-46-38-31-26-23-20-17-16-19-21-24-28-34-41-48-55-68(2)3/h13-15,18,68-73,78H,8-12,16-17,19-67H2,1-7H3,(H,83,84)(H,85,86)/b14-13-,18-15-/t71?,72-,73-/m1/s1. The van der Waals surface area contributed by atoms with Crippen molar-refractivity contribution < 1.29 is 80.2 Å². The summed E-state index contributed by atoms with van der Waals surface area (Å²) in [5.74, 6) is 0.0958. The van der Waals surface area contributed by atoms with Gasteiger partial charge in [-0.05, 0) is 69.1 Å². The molecule has 17 nitrogen and oxygen atoms in total. The van der Waals surface area contributed by atoms with Crippen LogP contribution < -0.4 is 0 Å². The normalized spacial score (nSPS) is 14.2. The molecule has 0 saturated carbocycles. The van der Waals surface area contributed by atoms with Crippen molar-refractivity contribution in [1.29, 1.82) is 0 Å². The van der Waals surface area contributed by atoms with Crippen LogP contribution in [0.1, 0.15) is 370 Å². The van der Waals surface area contributed by atoms with E-state index in [9.17, 15) is 43.2 Å². The van der Waals surface area contributed by atoms with Gasteiger partial charge in [-0.2, -0.15) is 0 Å². The Bertz CT molecular complexity index is 1960. The van der Waals surface area contributed by atoms with Crippen LogP contribution in [0.3, 0.4) is 0 Å². The zero-order valence-corrected chi connectivity index (χ0v) is 64.1. The molecule has 0 bridgehead atoms. The molecule has 0 aromatic heterocycles. The summed E-state index contributed by atoms with van der Waals surface area (Å²) in [4.78, 5) is 72.8. The highest BCUT2D eigenvalue weighted by Crippen LogP contribution is 2.45. The van der Waals surface area contributed by atoms with Crippen LogP contribution in [0.25, 0.3) is 0 Å². The first-order chi connectivity index (χ1) is 46.2. The molecule has 0 spiro atoms. The van der Waals surface area contributed by atoms with E-state index in [1.54, 1.807) is 0 Å². The number of rotatable bonds is 73. The summed E-state index contributed by atoms with van der Waals surface area (Å²) in [6.07, 6.45) is 56.4. The van der Waals surface area contributed by atoms with Gasteiger partial charge in [-0.15, -0.1) is 0 Å². The van der Waals surface area contributed by atoms with Gasteiger partial charge in [0.15, 0.2) is 12.2 Å². The lowest BCUT2D eigenvalue weighted by Crippen LogP contribution is -2.30. The Kier molecular flexibility index (Phi) is 65.3. The number of ether oxygens (including phenoxy) is 4. The Labute approximate surface area is 586 Å². The number of allylic oxidation sites excluding steroid dienone is 4. The van der Waals surface area contributed by atoms with Crippen LogP contribution >= 0.6 is 15.6 Å². The number of hydrogen-bond acceptors (Lipinski definition) is 15. The van der Waals surface area contributed by atoms with Gasteiger partial charge in [0.25, 0.3) is 0 Å². The maximum atomic E-state index is 13.1. The number of esters is 4. The molecule has 0 saturated heterocycles. The Balaban J connectivity index is 5.24. The van der Waals surface area contributed by atoms with Crippen LogP contribution in [-0.2, 0) is 65.4 Å². The number of hydrogen-bond donors (Lipinski definition) is 3. The Morgan fingerprint density at radius 3 is 0.844 bits per heavy atom. The fraction of sp³-hybridized carbons (Fsp3) is 0.896. The summed E-state index contributed by atoms with van der Waals surface area (Å²) in [6.45, 7) is 11.8. The third-order valence-electron chi connectivity index (χ3n) is 17.3. The zero-order valence-electron chi connectivity index (χ0n) is 62.3. The highest BCUT2D eigenvalue weighted by atomic mass is 31.2. The second-order valence-electron chi connectivity index (χ2n) is 28.5. The number of carbonyl (C=O) groups excluding carboxylic acids is 4. The molecule has 19 heteroatoms. The van der Waals surface area contributed by atoms with Gasteiger partial charge in [0, 0.05) is 25.7 Å².